The number of hydrogen-bond acceptors (Lipinski definition) is 3. The summed E-state index contributed by atoms with van der Waals surface area (Å²) < 4.78 is 0. The number of nitrogens with zero attached hydrogens (tertiary/aromatic N) is 2. The molecule has 5 nitrogen and oxygen atoms in total. The molecular weight excluding hydrogens is 340 g/mol. The van der Waals surface area contributed by atoms with Gasteiger partial charge in [-0.3, -0.25) is 4.79 Å². The van der Waals surface area contributed by atoms with Crippen LogP contribution in [0.25, 0.3) is 6.08 Å². The summed E-state index contributed by atoms with van der Waals surface area (Å²) in [6, 6.07) is 16.0. The number of carbonyl (C=O) groups is 2. The van der Waals surface area contributed by atoms with E-state index in [1.807, 2.05) is 49.4 Å². The smallest absolute Gasteiger partial charge is 0.335 e. The minimum absolute atomic E-state index is 0.171. The number of anilines is 1. The van der Waals surface area contributed by atoms with Gasteiger partial charge in [-0.15, -0.1) is 0 Å². The summed E-state index contributed by atoms with van der Waals surface area (Å²) in [5.41, 5.74) is 3.07. The molecule has 1 amide bonds. The number of carboxylic acids is 1. The first-order valence-corrected chi connectivity index (χ1v) is 8.79. The fourth-order valence-corrected chi connectivity index (χ4v) is 2.79. The van der Waals surface area contributed by atoms with Gasteiger partial charge in [0.15, 0.2) is 0 Å². The second-order valence-corrected chi connectivity index (χ2v) is 6.12. The van der Waals surface area contributed by atoms with Crippen LogP contribution in [0.3, 0.4) is 0 Å². The van der Waals surface area contributed by atoms with Crippen LogP contribution in [-0.4, -0.2) is 22.7 Å². The van der Waals surface area contributed by atoms with Gasteiger partial charge >= 0.3 is 5.97 Å². The maximum atomic E-state index is 12.8. The molecule has 0 bridgehead atoms. The Kier molecular flexibility index (Phi) is 5.61. The van der Waals surface area contributed by atoms with Gasteiger partial charge in [0.1, 0.15) is 0 Å². The predicted molar refractivity (Wildman–Crippen MR) is 107 cm³/mol. The van der Waals surface area contributed by atoms with Gasteiger partial charge in [-0.1, -0.05) is 55.8 Å². The Balaban J connectivity index is 1.86. The van der Waals surface area contributed by atoms with Crippen molar-refractivity contribution in [3.05, 3.63) is 83.4 Å². The van der Waals surface area contributed by atoms with Crippen molar-refractivity contribution in [2.24, 2.45) is 5.10 Å². The maximum absolute atomic E-state index is 12.8. The van der Waals surface area contributed by atoms with Crippen LogP contribution in [0.4, 0.5) is 5.69 Å². The van der Waals surface area contributed by atoms with E-state index >= 15 is 0 Å². The van der Waals surface area contributed by atoms with Gasteiger partial charge in [0.25, 0.3) is 5.91 Å². The molecule has 0 radical (unpaired) electrons. The van der Waals surface area contributed by atoms with Crippen molar-refractivity contribution in [3.63, 3.8) is 0 Å². The summed E-state index contributed by atoms with van der Waals surface area (Å²) in [5.74, 6) is -1.21. The van der Waals surface area contributed by atoms with Crippen molar-refractivity contribution in [2.45, 2.75) is 19.8 Å². The molecule has 2 aromatic carbocycles. The Morgan fingerprint density at radius 3 is 2.44 bits per heavy atom. The van der Waals surface area contributed by atoms with Crippen molar-refractivity contribution < 1.29 is 14.7 Å². The highest BCUT2D eigenvalue weighted by atomic mass is 16.4. The summed E-state index contributed by atoms with van der Waals surface area (Å²) in [7, 11) is 0. The zero-order chi connectivity index (χ0) is 19.2. The lowest BCUT2D eigenvalue weighted by molar-refractivity contribution is -0.114. The summed E-state index contributed by atoms with van der Waals surface area (Å²) in [6.45, 7) is 2.04. The molecule has 1 N–H and O–H groups in total. The normalized spacial score (nSPS) is 15.6. The molecule has 5 heteroatoms. The van der Waals surface area contributed by atoms with Crippen molar-refractivity contribution in [2.75, 3.05) is 5.01 Å². The Morgan fingerprint density at radius 1 is 1.11 bits per heavy atom. The molecule has 0 aromatic heterocycles. The third-order valence-corrected chi connectivity index (χ3v) is 4.15. The Hall–Kier alpha value is -3.47. The molecule has 0 saturated heterocycles. The van der Waals surface area contributed by atoms with E-state index in [-0.39, 0.29) is 11.5 Å². The van der Waals surface area contributed by atoms with Crippen LogP contribution in [-0.2, 0) is 4.79 Å². The van der Waals surface area contributed by atoms with Crippen LogP contribution in [0.2, 0.25) is 0 Å². The third-order valence-electron chi connectivity index (χ3n) is 4.15. The zero-order valence-electron chi connectivity index (χ0n) is 15.0. The lowest BCUT2D eigenvalue weighted by atomic mass is 10.1. The number of hydrogen-bond donors (Lipinski definition) is 1. The summed E-state index contributed by atoms with van der Waals surface area (Å²) >= 11 is 0. The van der Waals surface area contributed by atoms with E-state index in [0.29, 0.717) is 17.7 Å². The molecule has 0 spiro atoms. The first-order chi connectivity index (χ1) is 13.1. The molecule has 0 atom stereocenters. The van der Waals surface area contributed by atoms with Gasteiger partial charge < -0.3 is 5.11 Å². The van der Waals surface area contributed by atoms with Gasteiger partial charge in [0, 0.05) is 0 Å². The van der Waals surface area contributed by atoms with E-state index in [1.54, 1.807) is 18.2 Å². The number of allylic oxidation sites excluding steroid dienone is 2. The van der Waals surface area contributed by atoms with Gasteiger partial charge in [-0.2, -0.15) is 10.1 Å². The standard InChI is InChI=1S/C22H20N2O3/c1-2-7-20-19(11-6-10-16-8-4-3-5-9-16)21(25)24(23-20)18-14-12-17(13-15-18)22(26)27/h3-6,8-15H,2,7H2,1H3,(H,26,27). The first kappa shape index (κ1) is 18.3. The minimum atomic E-state index is -1.00. The topological polar surface area (TPSA) is 70.0 Å². The number of amides is 1. The number of benzene rings is 2. The molecule has 1 aliphatic heterocycles. The minimum Gasteiger partial charge on any atom is -0.478 e. The summed E-state index contributed by atoms with van der Waals surface area (Å²) in [6.07, 6.45) is 7.15. The second kappa shape index (κ2) is 8.27. The molecule has 1 heterocycles. The lowest BCUT2D eigenvalue weighted by Gasteiger charge is -2.11. The Bertz CT molecular complexity index is 926. The number of carboxylic acid groups (broad SMARTS) is 1. The predicted octanol–water partition coefficient (Wildman–Crippen LogP) is 4.53. The van der Waals surface area contributed by atoms with Crippen LogP contribution < -0.4 is 5.01 Å². The Morgan fingerprint density at radius 2 is 1.81 bits per heavy atom. The summed E-state index contributed by atoms with van der Waals surface area (Å²) in [5, 5.41) is 14.8. The number of hydrazone groups is 1. The zero-order valence-corrected chi connectivity index (χ0v) is 15.0. The van der Waals surface area contributed by atoms with Gasteiger partial charge in [-0.05, 0) is 42.3 Å². The van der Waals surface area contributed by atoms with Crippen molar-refractivity contribution in [3.8, 4) is 0 Å². The van der Waals surface area contributed by atoms with E-state index in [1.165, 1.54) is 17.1 Å². The van der Waals surface area contributed by atoms with Gasteiger partial charge in [-0.25, -0.2) is 4.79 Å². The van der Waals surface area contributed by atoms with E-state index < -0.39 is 5.97 Å². The van der Waals surface area contributed by atoms with E-state index in [4.69, 9.17) is 5.11 Å². The highest BCUT2D eigenvalue weighted by molar-refractivity contribution is 6.30. The molecule has 0 unspecified atom stereocenters. The molecule has 1 aliphatic rings. The number of carbonyl (C=O) groups excluding carboxylic acids is 1. The highest BCUT2D eigenvalue weighted by Crippen LogP contribution is 2.25. The van der Waals surface area contributed by atoms with Gasteiger partial charge in [0.2, 0.25) is 0 Å². The number of aromatic carboxylic acids is 1. The Labute approximate surface area is 157 Å². The fourth-order valence-electron chi connectivity index (χ4n) is 2.79. The van der Waals surface area contributed by atoms with E-state index in [2.05, 4.69) is 5.10 Å². The van der Waals surface area contributed by atoms with Crippen LogP contribution >= 0.6 is 0 Å². The maximum Gasteiger partial charge on any atom is 0.335 e. The van der Waals surface area contributed by atoms with Crippen LogP contribution in [0.15, 0.2) is 77.4 Å². The quantitative estimate of drug-likeness (QED) is 0.770. The van der Waals surface area contributed by atoms with Gasteiger partial charge in [0.05, 0.1) is 22.5 Å². The van der Waals surface area contributed by atoms with Crippen LogP contribution in [0.5, 0.6) is 0 Å². The average Bonchev–Trinajstić information content (AvgIpc) is 2.99. The van der Waals surface area contributed by atoms with Crippen LogP contribution in [0, 0.1) is 0 Å². The molecule has 2 aromatic rings. The van der Waals surface area contributed by atoms with Crippen molar-refractivity contribution in [1.82, 2.24) is 0 Å². The summed E-state index contributed by atoms with van der Waals surface area (Å²) in [4.78, 5) is 23.8. The second-order valence-electron chi connectivity index (χ2n) is 6.12. The van der Waals surface area contributed by atoms with E-state index in [9.17, 15) is 9.59 Å². The lowest BCUT2D eigenvalue weighted by Crippen LogP contribution is -2.21. The largest absolute Gasteiger partial charge is 0.478 e. The molecule has 0 aliphatic carbocycles. The third kappa shape index (κ3) is 4.20. The molecule has 0 saturated carbocycles. The molecule has 0 fully saturated rings. The number of rotatable bonds is 6. The molecular formula is C22H20N2O3. The molecule has 136 valence electrons. The average molecular weight is 360 g/mol. The van der Waals surface area contributed by atoms with Crippen molar-refractivity contribution >= 4 is 29.4 Å². The monoisotopic (exact) mass is 360 g/mol. The first-order valence-electron chi connectivity index (χ1n) is 8.79. The molecule has 3 rings (SSSR count). The fraction of sp³-hybridized carbons (Fsp3) is 0.136. The molecule has 27 heavy (non-hydrogen) atoms. The van der Waals surface area contributed by atoms with Crippen molar-refractivity contribution in [1.29, 1.82) is 0 Å². The SMILES string of the molecule is CCCC1=NN(c2ccc(C(=O)O)cc2)C(=O)C1=CC=Cc1ccccc1. The highest BCUT2D eigenvalue weighted by Gasteiger charge is 2.30. The van der Waals surface area contributed by atoms with E-state index in [0.717, 1.165) is 17.7 Å². The van der Waals surface area contributed by atoms with Crippen LogP contribution in [0.1, 0.15) is 35.7 Å².